The molecule has 1 aromatic rings. The Morgan fingerprint density at radius 3 is 2.50 bits per heavy atom. The first kappa shape index (κ1) is 19.1. The van der Waals surface area contributed by atoms with Gasteiger partial charge in [0.2, 0.25) is 5.91 Å². The van der Waals surface area contributed by atoms with Crippen molar-refractivity contribution in [2.75, 3.05) is 39.3 Å². The average molecular weight is 384 g/mol. The number of likely N-dealkylation sites (tertiary alicyclic amines) is 1. The number of carbonyl (C=O) groups excluding carboxylic acids is 3. The third-order valence-electron chi connectivity index (χ3n) is 6.06. The molecule has 2 fully saturated rings. The molecule has 7 nitrogen and oxygen atoms in total. The number of rotatable bonds is 6. The maximum Gasteiger partial charge on any atom is 0.261 e. The molecule has 3 aliphatic rings. The molecule has 2 N–H and O–H groups in total. The zero-order valence-electron chi connectivity index (χ0n) is 16.2. The largest absolute Gasteiger partial charge is 0.354 e. The number of piperidine rings is 1. The van der Waals surface area contributed by atoms with Gasteiger partial charge >= 0.3 is 0 Å². The van der Waals surface area contributed by atoms with Gasteiger partial charge in [-0.05, 0) is 56.8 Å². The molecule has 28 heavy (non-hydrogen) atoms. The van der Waals surface area contributed by atoms with Crippen LogP contribution in [-0.4, -0.2) is 72.8 Å². The summed E-state index contributed by atoms with van der Waals surface area (Å²) in [6, 6.07) is 6.98. The number of hydrogen-bond donors (Lipinski definition) is 2. The van der Waals surface area contributed by atoms with Crippen LogP contribution in [0.15, 0.2) is 24.3 Å². The summed E-state index contributed by atoms with van der Waals surface area (Å²) in [7, 11) is 0. The third-order valence-corrected chi connectivity index (χ3v) is 6.06. The van der Waals surface area contributed by atoms with E-state index in [2.05, 4.69) is 15.5 Å². The molecule has 2 saturated heterocycles. The minimum absolute atomic E-state index is 0.0338. The lowest BCUT2D eigenvalue weighted by Gasteiger charge is -2.33. The molecular weight excluding hydrogens is 356 g/mol. The van der Waals surface area contributed by atoms with Gasteiger partial charge in [-0.1, -0.05) is 12.1 Å². The van der Waals surface area contributed by atoms with Gasteiger partial charge in [0.25, 0.3) is 11.8 Å². The number of amides is 3. The van der Waals surface area contributed by atoms with Crippen LogP contribution in [0.4, 0.5) is 0 Å². The Hall–Kier alpha value is -2.25. The number of nitrogens with zero attached hydrogens (tertiary/aromatic N) is 2. The molecule has 0 bridgehead atoms. The number of carbonyl (C=O) groups is 3. The van der Waals surface area contributed by atoms with E-state index in [0.29, 0.717) is 36.7 Å². The quantitative estimate of drug-likeness (QED) is 0.711. The Bertz CT molecular complexity index is 725. The van der Waals surface area contributed by atoms with Crippen LogP contribution in [-0.2, 0) is 4.79 Å². The Morgan fingerprint density at radius 1 is 1.07 bits per heavy atom. The van der Waals surface area contributed by atoms with Crippen molar-refractivity contribution in [2.24, 2.45) is 5.92 Å². The minimum atomic E-state index is -0.189. The van der Waals surface area contributed by atoms with Gasteiger partial charge in [-0.2, -0.15) is 0 Å². The van der Waals surface area contributed by atoms with Crippen LogP contribution in [0.5, 0.6) is 0 Å². The van der Waals surface area contributed by atoms with E-state index in [1.807, 2.05) is 0 Å². The Balaban J connectivity index is 1.25. The highest BCUT2D eigenvalue weighted by atomic mass is 16.2. The second-order valence-corrected chi connectivity index (χ2v) is 8.01. The van der Waals surface area contributed by atoms with Gasteiger partial charge in [0, 0.05) is 26.2 Å². The van der Waals surface area contributed by atoms with Crippen molar-refractivity contribution >= 4 is 17.7 Å². The van der Waals surface area contributed by atoms with Crippen molar-refractivity contribution in [3.8, 4) is 0 Å². The normalized spacial score (nSPS) is 25.2. The highest BCUT2D eigenvalue weighted by Crippen LogP contribution is 2.23. The number of imide groups is 1. The number of fused-ring (bicyclic) bond motifs is 1. The van der Waals surface area contributed by atoms with Crippen LogP contribution in [0.1, 0.15) is 46.4 Å². The van der Waals surface area contributed by atoms with E-state index in [9.17, 15) is 14.4 Å². The van der Waals surface area contributed by atoms with Crippen LogP contribution < -0.4 is 10.6 Å². The highest BCUT2D eigenvalue weighted by molar-refractivity contribution is 6.21. The van der Waals surface area contributed by atoms with Gasteiger partial charge in [0.15, 0.2) is 0 Å². The zero-order valence-corrected chi connectivity index (χ0v) is 16.2. The van der Waals surface area contributed by atoms with Crippen LogP contribution in [0, 0.1) is 5.92 Å². The molecule has 3 heterocycles. The molecule has 4 rings (SSSR count). The van der Waals surface area contributed by atoms with E-state index in [1.54, 1.807) is 24.3 Å². The standard InChI is InChI=1S/C21H28N4O3/c26-19(18-8-3-9-22-18)23-13-15-5-4-10-24(14-15)11-12-25-20(27)16-6-1-2-7-17(16)21(25)28/h1-2,6-7,15,18,22H,3-5,8-14H2,(H,23,26). The molecule has 3 aliphatic heterocycles. The van der Waals surface area contributed by atoms with E-state index in [-0.39, 0.29) is 23.8 Å². The Labute approximate surface area is 165 Å². The van der Waals surface area contributed by atoms with Gasteiger partial charge in [-0.3, -0.25) is 19.3 Å². The minimum Gasteiger partial charge on any atom is -0.354 e. The second-order valence-electron chi connectivity index (χ2n) is 8.01. The fourth-order valence-electron chi connectivity index (χ4n) is 4.48. The highest BCUT2D eigenvalue weighted by Gasteiger charge is 2.35. The van der Waals surface area contributed by atoms with Crippen molar-refractivity contribution in [2.45, 2.75) is 31.7 Å². The summed E-state index contributed by atoms with van der Waals surface area (Å²) in [6.45, 7) is 4.57. The molecule has 2 unspecified atom stereocenters. The summed E-state index contributed by atoms with van der Waals surface area (Å²) in [5.41, 5.74) is 1.01. The van der Waals surface area contributed by atoms with E-state index < -0.39 is 0 Å². The molecule has 2 atom stereocenters. The van der Waals surface area contributed by atoms with Crippen molar-refractivity contribution < 1.29 is 14.4 Å². The van der Waals surface area contributed by atoms with Gasteiger partial charge in [0.05, 0.1) is 17.2 Å². The Kier molecular flexibility index (Phi) is 5.73. The van der Waals surface area contributed by atoms with Crippen LogP contribution in [0.2, 0.25) is 0 Å². The van der Waals surface area contributed by atoms with Gasteiger partial charge in [0.1, 0.15) is 0 Å². The van der Waals surface area contributed by atoms with Gasteiger partial charge in [-0.25, -0.2) is 0 Å². The second kappa shape index (κ2) is 8.41. The van der Waals surface area contributed by atoms with E-state index in [4.69, 9.17) is 0 Å². The van der Waals surface area contributed by atoms with Gasteiger partial charge < -0.3 is 15.5 Å². The SMILES string of the molecule is O=C(NCC1CCCN(CCN2C(=O)c3ccccc3C2=O)C1)C1CCCN1. The summed E-state index contributed by atoms with van der Waals surface area (Å²) in [4.78, 5) is 40.8. The van der Waals surface area contributed by atoms with E-state index in [1.165, 1.54) is 4.90 Å². The molecule has 0 spiro atoms. The van der Waals surface area contributed by atoms with Crippen molar-refractivity contribution in [1.29, 1.82) is 0 Å². The zero-order chi connectivity index (χ0) is 19.5. The lowest BCUT2D eigenvalue weighted by atomic mass is 9.98. The fraction of sp³-hybridized carbons (Fsp3) is 0.571. The Morgan fingerprint density at radius 2 is 1.82 bits per heavy atom. The predicted octanol–water partition coefficient (Wildman–Crippen LogP) is 0.863. The summed E-state index contributed by atoms with van der Waals surface area (Å²) in [6.07, 6.45) is 4.15. The number of nitrogens with one attached hydrogen (secondary N) is 2. The van der Waals surface area contributed by atoms with Crippen LogP contribution >= 0.6 is 0 Å². The molecule has 0 aliphatic carbocycles. The molecule has 7 heteroatoms. The topological polar surface area (TPSA) is 81.8 Å². The monoisotopic (exact) mass is 384 g/mol. The number of hydrogen-bond acceptors (Lipinski definition) is 5. The van der Waals surface area contributed by atoms with Gasteiger partial charge in [-0.15, -0.1) is 0 Å². The van der Waals surface area contributed by atoms with E-state index >= 15 is 0 Å². The van der Waals surface area contributed by atoms with Crippen molar-refractivity contribution in [1.82, 2.24) is 20.4 Å². The van der Waals surface area contributed by atoms with Crippen molar-refractivity contribution in [3.05, 3.63) is 35.4 Å². The van der Waals surface area contributed by atoms with Crippen LogP contribution in [0.25, 0.3) is 0 Å². The summed E-state index contributed by atoms with van der Waals surface area (Å²) in [5, 5.41) is 6.32. The average Bonchev–Trinajstić information content (AvgIpc) is 3.34. The lowest BCUT2D eigenvalue weighted by Crippen LogP contribution is -2.47. The third kappa shape index (κ3) is 3.95. The maximum atomic E-state index is 12.5. The summed E-state index contributed by atoms with van der Waals surface area (Å²) in [5.74, 6) is 0.151. The van der Waals surface area contributed by atoms with E-state index in [0.717, 1.165) is 45.3 Å². The first-order chi connectivity index (χ1) is 13.6. The lowest BCUT2D eigenvalue weighted by molar-refractivity contribution is -0.123. The first-order valence-corrected chi connectivity index (χ1v) is 10.3. The molecule has 1 aromatic carbocycles. The molecule has 3 amide bonds. The molecule has 0 aromatic heterocycles. The fourth-order valence-corrected chi connectivity index (χ4v) is 4.48. The molecule has 0 saturated carbocycles. The molecular formula is C21H28N4O3. The summed E-state index contributed by atoms with van der Waals surface area (Å²) >= 11 is 0. The molecule has 150 valence electrons. The maximum absolute atomic E-state index is 12.5. The summed E-state index contributed by atoms with van der Waals surface area (Å²) < 4.78 is 0. The number of benzene rings is 1. The van der Waals surface area contributed by atoms with Crippen LogP contribution in [0.3, 0.4) is 0 Å². The predicted molar refractivity (Wildman–Crippen MR) is 105 cm³/mol. The first-order valence-electron chi connectivity index (χ1n) is 10.3. The molecule has 0 radical (unpaired) electrons. The smallest absolute Gasteiger partial charge is 0.261 e. The van der Waals surface area contributed by atoms with Crippen molar-refractivity contribution in [3.63, 3.8) is 0 Å².